The molecule has 0 spiro atoms. The van der Waals surface area contributed by atoms with Gasteiger partial charge in [0.25, 0.3) is 11.8 Å². The third kappa shape index (κ3) is 4.20. The predicted octanol–water partition coefficient (Wildman–Crippen LogP) is -1.11. The number of nitrogens with one attached hydrogen (secondary N) is 4. The normalized spacial score (nSPS) is 26.0. The van der Waals surface area contributed by atoms with Gasteiger partial charge < -0.3 is 16.0 Å². The summed E-state index contributed by atoms with van der Waals surface area (Å²) in [7, 11) is 0. The third-order valence-corrected chi connectivity index (χ3v) is 5.96. The Morgan fingerprint density at radius 1 is 1.25 bits per heavy atom. The molecule has 2 fully saturated rings. The van der Waals surface area contributed by atoms with Crippen molar-refractivity contribution in [2.75, 3.05) is 6.54 Å². The molecule has 2 saturated heterocycles. The second-order valence-electron chi connectivity index (χ2n) is 8.14. The van der Waals surface area contributed by atoms with Gasteiger partial charge >= 0.3 is 5.92 Å². The molecule has 3 heterocycles. The summed E-state index contributed by atoms with van der Waals surface area (Å²) >= 11 is 0. The lowest BCUT2D eigenvalue weighted by atomic mass is 10.0. The number of fused-ring (bicyclic) bond motifs is 1. The fourth-order valence-electron chi connectivity index (χ4n) is 4.22. The molecule has 4 amide bonds. The molecule has 1 aromatic rings. The first-order valence-electron chi connectivity index (χ1n) is 10.3. The number of carbonyl (C=O) groups excluding carboxylic acids is 4. The van der Waals surface area contributed by atoms with Crippen LogP contribution >= 0.6 is 0 Å². The summed E-state index contributed by atoms with van der Waals surface area (Å²) in [6.07, 6.45) is -0.366. The Hall–Kier alpha value is -2.96. The number of hydrogen-bond donors (Lipinski definition) is 5. The number of rotatable bonds is 5. The number of hydrogen-bond acceptors (Lipinski definition) is 7. The van der Waals surface area contributed by atoms with Crippen LogP contribution in [0.1, 0.15) is 40.7 Å². The highest BCUT2D eigenvalue weighted by Gasteiger charge is 2.48. The van der Waals surface area contributed by atoms with Crippen molar-refractivity contribution in [3.8, 4) is 0 Å². The SMILES string of the molecule is NC1NCCC(C(F)(F)C(=O)NCc2ccc3c(c2)CN(C2CCC(=O)NC2=O)C3=O)N1. The van der Waals surface area contributed by atoms with Gasteiger partial charge in [-0.15, -0.1) is 0 Å². The minimum atomic E-state index is -3.64. The Labute approximate surface area is 182 Å². The van der Waals surface area contributed by atoms with Gasteiger partial charge in [0.1, 0.15) is 12.3 Å². The van der Waals surface area contributed by atoms with E-state index in [1.165, 1.54) is 4.90 Å². The van der Waals surface area contributed by atoms with Gasteiger partial charge in [0.05, 0.1) is 6.04 Å². The lowest BCUT2D eigenvalue weighted by molar-refractivity contribution is -0.151. The van der Waals surface area contributed by atoms with Gasteiger partial charge in [-0.05, 0) is 36.6 Å². The quantitative estimate of drug-likeness (QED) is 0.358. The zero-order valence-corrected chi connectivity index (χ0v) is 17.1. The van der Waals surface area contributed by atoms with Gasteiger partial charge in [-0.25, -0.2) is 0 Å². The van der Waals surface area contributed by atoms with Crippen molar-refractivity contribution >= 4 is 23.6 Å². The highest BCUT2D eigenvalue weighted by Crippen LogP contribution is 2.28. The summed E-state index contributed by atoms with van der Waals surface area (Å²) in [4.78, 5) is 49.7. The van der Waals surface area contributed by atoms with E-state index in [0.29, 0.717) is 16.7 Å². The maximum Gasteiger partial charge on any atom is 0.339 e. The molecule has 1 aromatic carbocycles. The molecule has 10 nitrogen and oxygen atoms in total. The second-order valence-corrected chi connectivity index (χ2v) is 8.14. The number of carbonyl (C=O) groups is 4. The van der Waals surface area contributed by atoms with Crippen molar-refractivity contribution in [3.63, 3.8) is 0 Å². The second kappa shape index (κ2) is 8.52. The van der Waals surface area contributed by atoms with Crippen LogP contribution in [0.3, 0.4) is 0 Å². The van der Waals surface area contributed by atoms with Crippen LogP contribution in [-0.2, 0) is 27.5 Å². The first-order valence-corrected chi connectivity index (χ1v) is 10.3. The Kier molecular flexibility index (Phi) is 5.93. The maximum atomic E-state index is 14.5. The van der Waals surface area contributed by atoms with Crippen molar-refractivity contribution in [2.45, 2.75) is 56.6 Å². The van der Waals surface area contributed by atoms with Gasteiger partial charge in [-0.1, -0.05) is 12.1 Å². The van der Waals surface area contributed by atoms with E-state index in [4.69, 9.17) is 5.73 Å². The third-order valence-electron chi connectivity index (χ3n) is 5.96. The number of halogens is 2. The molecule has 0 radical (unpaired) electrons. The summed E-state index contributed by atoms with van der Waals surface area (Å²) in [5, 5.41) is 9.73. The van der Waals surface area contributed by atoms with E-state index in [1.54, 1.807) is 18.2 Å². The number of benzene rings is 1. The van der Waals surface area contributed by atoms with Crippen LogP contribution in [0.4, 0.5) is 8.78 Å². The maximum absolute atomic E-state index is 14.5. The molecule has 3 aliphatic heterocycles. The Morgan fingerprint density at radius 3 is 2.75 bits per heavy atom. The molecular formula is C20H24F2N6O4. The van der Waals surface area contributed by atoms with E-state index >= 15 is 0 Å². The highest BCUT2D eigenvalue weighted by molar-refractivity contribution is 6.05. The zero-order valence-electron chi connectivity index (χ0n) is 17.1. The molecule has 0 bridgehead atoms. The largest absolute Gasteiger partial charge is 0.347 e. The molecule has 0 saturated carbocycles. The summed E-state index contributed by atoms with van der Waals surface area (Å²) < 4.78 is 29.0. The lowest BCUT2D eigenvalue weighted by Gasteiger charge is -2.33. The number of imide groups is 1. The minimum Gasteiger partial charge on any atom is -0.347 e. The molecule has 172 valence electrons. The molecule has 0 aliphatic carbocycles. The van der Waals surface area contributed by atoms with E-state index < -0.39 is 36.1 Å². The lowest BCUT2D eigenvalue weighted by Crippen LogP contribution is -2.65. The Balaban J connectivity index is 1.39. The zero-order chi connectivity index (χ0) is 23.0. The number of nitrogens with two attached hydrogens (primary N) is 1. The molecule has 6 N–H and O–H groups in total. The molecule has 3 unspecified atom stereocenters. The predicted molar refractivity (Wildman–Crippen MR) is 107 cm³/mol. The molecular weight excluding hydrogens is 426 g/mol. The van der Waals surface area contributed by atoms with Crippen LogP contribution in [0.2, 0.25) is 0 Å². The first-order chi connectivity index (χ1) is 15.2. The van der Waals surface area contributed by atoms with Gasteiger partial charge in [-0.3, -0.25) is 35.1 Å². The van der Waals surface area contributed by atoms with Crippen molar-refractivity contribution in [1.29, 1.82) is 0 Å². The van der Waals surface area contributed by atoms with Crippen LogP contribution < -0.4 is 27.0 Å². The number of amides is 4. The van der Waals surface area contributed by atoms with Crippen LogP contribution in [-0.4, -0.2) is 59.4 Å². The topological polar surface area (TPSA) is 146 Å². The fourth-order valence-corrected chi connectivity index (χ4v) is 4.22. The van der Waals surface area contributed by atoms with Crippen LogP contribution in [0.25, 0.3) is 0 Å². The van der Waals surface area contributed by atoms with Crippen LogP contribution in [0.15, 0.2) is 18.2 Å². The standard InChI is InChI=1S/C20H24F2N6O4/c21-20(22,14-5-6-24-19(23)26-14)18(32)25-8-10-1-2-12-11(7-10)9-28(17(12)31)13-3-4-15(29)27-16(13)30/h1-2,7,13-14,19,24,26H,3-6,8-9,23H2,(H,25,32)(H,27,29,30). The number of alkyl halides is 2. The minimum absolute atomic E-state index is 0.0469. The van der Waals surface area contributed by atoms with Crippen molar-refractivity contribution in [2.24, 2.45) is 5.73 Å². The van der Waals surface area contributed by atoms with Gasteiger partial charge in [0.2, 0.25) is 11.8 Å². The van der Waals surface area contributed by atoms with Crippen molar-refractivity contribution in [3.05, 3.63) is 34.9 Å². The Bertz CT molecular complexity index is 971. The van der Waals surface area contributed by atoms with Gasteiger partial charge in [0.15, 0.2) is 0 Å². The fraction of sp³-hybridized carbons (Fsp3) is 0.500. The van der Waals surface area contributed by atoms with E-state index in [1.807, 2.05) is 0 Å². The summed E-state index contributed by atoms with van der Waals surface area (Å²) in [5.74, 6) is -6.26. The summed E-state index contributed by atoms with van der Waals surface area (Å²) in [6.45, 7) is 0.283. The first kappa shape index (κ1) is 22.2. The van der Waals surface area contributed by atoms with E-state index in [2.05, 4.69) is 21.3 Å². The number of piperidine rings is 1. The monoisotopic (exact) mass is 450 g/mol. The highest BCUT2D eigenvalue weighted by atomic mass is 19.3. The average Bonchev–Trinajstić information content (AvgIpc) is 3.07. The van der Waals surface area contributed by atoms with Gasteiger partial charge in [-0.2, -0.15) is 8.78 Å². The van der Waals surface area contributed by atoms with Crippen LogP contribution in [0.5, 0.6) is 0 Å². The van der Waals surface area contributed by atoms with Crippen molar-refractivity contribution < 1.29 is 28.0 Å². The van der Waals surface area contributed by atoms with Crippen LogP contribution in [0, 0.1) is 0 Å². The molecule has 4 rings (SSSR count). The van der Waals surface area contributed by atoms with Gasteiger partial charge in [0, 0.05) is 25.1 Å². The molecule has 3 aliphatic rings. The number of nitrogens with zero attached hydrogens (tertiary/aromatic N) is 1. The van der Waals surface area contributed by atoms with Crippen molar-refractivity contribution in [1.82, 2.24) is 26.2 Å². The summed E-state index contributed by atoms with van der Waals surface area (Å²) in [6, 6.07) is 2.66. The molecule has 32 heavy (non-hydrogen) atoms. The smallest absolute Gasteiger partial charge is 0.339 e. The Morgan fingerprint density at radius 2 is 2.03 bits per heavy atom. The van der Waals surface area contributed by atoms with E-state index in [-0.39, 0.29) is 50.7 Å². The van der Waals surface area contributed by atoms with E-state index in [0.717, 1.165) is 0 Å². The average molecular weight is 450 g/mol. The summed E-state index contributed by atoms with van der Waals surface area (Å²) in [5.41, 5.74) is 7.15. The van der Waals surface area contributed by atoms with E-state index in [9.17, 15) is 28.0 Å². The molecule has 12 heteroatoms. The molecule has 0 aromatic heterocycles. The molecule has 3 atom stereocenters.